The number of nitrogens with zero attached hydrogens (tertiary/aromatic N) is 4. The van der Waals surface area contributed by atoms with Crippen molar-refractivity contribution in [2.24, 2.45) is 0 Å². The van der Waals surface area contributed by atoms with Crippen LogP contribution in [0.2, 0.25) is 0 Å². The zero-order chi connectivity index (χ0) is 27.3. The topological polar surface area (TPSA) is 91.2 Å². The van der Waals surface area contributed by atoms with Gasteiger partial charge in [-0.15, -0.1) is 0 Å². The van der Waals surface area contributed by atoms with Crippen LogP contribution in [-0.4, -0.2) is 69.5 Å². The summed E-state index contributed by atoms with van der Waals surface area (Å²) in [6, 6.07) is 12.2. The summed E-state index contributed by atoms with van der Waals surface area (Å²) in [6.07, 6.45) is 15.2. The number of rotatable bonds is 2. The van der Waals surface area contributed by atoms with E-state index in [0.29, 0.717) is 52.6 Å². The molecule has 0 spiro atoms. The van der Waals surface area contributed by atoms with E-state index in [0.717, 1.165) is 44.3 Å². The molecule has 40 heavy (non-hydrogen) atoms. The average molecular weight is 537 g/mol. The van der Waals surface area contributed by atoms with Gasteiger partial charge in [0.1, 0.15) is 0 Å². The molecular formula is C32H32N4O4. The van der Waals surface area contributed by atoms with Gasteiger partial charge in [-0.05, 0) is 36.4 Å². The Balaban J connectivity index is 1.39. The molecule has 0 saturated heterocycles. The Morgan fingerprint density at radius 2 is 0.975 bits per heavy atom. The molecular weight excluding hydrogens is 504 g/mol. The SMILES string of the molecule is OC(=C1C=CC=C1)N1CCOCCOCCN(C(O)=C2C=CC=C2)Cc2ccc3ccc4ccc(nc4c3n2)C1. The number of ether oxygens (including phenoxy) is 2. The van der Waals surface area contributed by atoms with Crippen molar-refractivity contribution < 1.29 is 19.7 Å². The molecule has 1 aromatic carbocycles. The number of aromatic nitrogens is 2. The van der Waals surface area contributed by atoms with Crippen LogP contribution in [0.3, 0.4) is 0 Å². The minimum absolute atomic E-state index is 0.195. The molecule has 0 amide bonds. The fraction of sp³-hybridized carbons (Fsp3) is 0.250. The van der Waals surface area contributed by atoms with Gasteiger partial charge in [0, 0.05) is 35.0 Å². The van der Waals surface area contributed by atoms with Crippen molar-refractivity contribution in [2.75, 3.05) is 39.5 Å². The fourth-order valence-electron chi connectivity index (χ4n) is 5.02. The van der Waals surface area contributed by atoms with E-state index in [2.05, 4.69) is 24.3 Å². The van der Waals surface area contributed by atoms with Gasteiger partial charge in [0.2, 0.25) is 0 Å². The lowest BCUT2D eigenvalue weighted by Crippen LogP contribution is -2.29. The standard InChI is InChI=1S/C32H32N4O4/c37-31(25-5-1-2-6-25)35-15-17-39-19-20-40-18-16-36(32(38)26-7-3-4-8-26)22-28-14-12-24-10-9-23-11-13-27(21-35)33-29(23)30(24)34-28/h1-14,37-38H,15-22H2. The first kappa shape index (κ1) is 25.9. The van der Waals surface area contributed by atoms with Gasteiger partial charge < -0.3 is 29.5 Å². The van der Waals surface area contributed by atoms with Crippen molar-refractivity contribution in [1.29, 1.82) is 0 Å². The molecule has 8 nitrogen and oxygen atoms in total. The first-order valence-electron chi connectivity index (χ1n) is 13.6. The van der Waals surface area contributed by atoms with Crippen LogP contribution in [0, 0.1) is 0 Å². The highest BCUT2D eigenvalue weighted by molar-refractivity contribution is 6.02. The molecule has 4 bridgehead atoms. The summed E-state index contributed by atoms with van der Waals surface area (Å²) < 4.78 is 11.7. The molecule has 0 unspecified atom stereocenters. The van der Waals surface area contributed by atoms with Gasteiger partial charge in [-0.2, -0.15) is 0 Å². The molecule has 1 aliphatic heterocycles. The summed E-state index contributed by atoms with van der Waals surface area (Å²) in [5, 5.41) is 24.1. The monoisotopic (exact) mass is 536 g/mol. The second-order valence-electron chi connectivity index (χ2n) is 9.88. The third-order valence-electron chi connectivity index (χ3n) is 7.16. The minimum atomic E-state index is 0.195. The van der Waals surface area contributed by atoms with E-state index in [1.807, 2.05) is 70.5 Å². The molecule has 0 fully saturated rings. The molecule has 204 valence electrons. The number of aliphatic hydroxyl groups excluding tert-OH is 2. The maximum Gasteiger partial charge on any atom is 0.194 e. The number of pyridine rings is 2. The molecule has 0 saturated carbocycles. The number of aliphatic hydroxyl groups is 2. The van der Waals surface area contributed by atoms with Crippen LogP contribution in [-0.2, 0) is 22.6 Å². The first-order valence-corrected chi connectivity index (χ1v) is 13.6. The van der Waals surface area contributed by atoms with Crippen LogP contribution < -0.4 is 0 Å². The van der Waals surface area contributed by atoms with Gasteiger partial charge >= 0.3 is 0 Å². The van der Waals surface area contributed by atoms with E-state index in [-0.39, 0.29) is 11.8 Å². The highest BCUT2D eigenvalue weighted by atomic mass is 16.5. The molecule has 2 N–H and O–H groups in total. The van der Waals surface area contributed by atoms with Crippen molar-refractivity contribution in [3.05, 3.63) is 119 Å². The lowest BCUT2D eigenvalue weighted by atomic mass is 10.1. The van der Waals surface area contributed by atoms with Gasteiger partial charge in [-0.25, -0.2) is 9.97 Å². The molecule has 3 aliphatic rings. The number of allylic oxidation sites excluding steroid dienone is 10. The summed E-state index contributed by atoms with van der Waals surface area (Å²) >= 11 is 0. The fourth-order valence-corrected chi connectivity index (χ4v) is 5.02. The van der Waals surface area contributed by atoms with Crippen molar-refractivity contribution in [3.63, 3.8) is 0 Å². The van der Waals surface area contributed by atoms with Crippen LogP contribution >= 0.6 is 0 Å². The van der Waals surface area contributed by atoms with Crippen LogP contribution in [0.1, 0.15) is 11.4 Å². The molecule has 3 aromatic rings. The Morgan fingerprint density at radius 1 is 0.575 bits per heavy atom. The lowest BCUT2D eigenvalue weighted by Gasteiger charge is -2.25. The highest BCUT2D eigenvalue weighted by Crippen LogP contribution is 2.26. The summed E-state index contributed by atoms with van der Waals surface area (Å²) in [7, 11) is 0. The maximum atomic E-state index is 11.1. The summed E-state index contributed by atoms with van der Waals surface area (Å²) in [5.41, 5.74) is 4.77. The minimum Gasteiger partial charge on any atom is -0.494 e. The van der Waals surface area contributed by atoms with E-state index in [4.69, 9.17) is 19.4 Å². The Morgan fingerprint density at radius 3 is 1.40 bits per heavy atom. The highest BCUT2D eigenvalue weighted by Gasteiger charge is 2.17. The van der Waals surface area contributed by atoms with E-state index in [1.54, 1.807) is 0 Å². The molecule has 2 aliphatic carbocycles. The molecule has 2 aromatic heterocycles. The lowest BCUT2D eigenvalue weighted by molar-refractivity contribution is 0.0270. The largest absolute Gasteiger partial charge is 0.494 e. The second kappa shape index (κ2) is 11.8. The van der Waals surface area contributed by atoms with E-state index in [9.17, 15) is 10.2 Å². The van der Waals surface area contributed by atoms with Gasteiger partial charge in [-0.1, -0.05) is 48.6 Å². The molecule has 0 radical (unpaired) electrons. The summed E-state index contributed by atoms with van der Waals surface area (Å²) in [6.45, 7) is 3.52. The summed E-state index contributed by atoms with van der Waals surface area (Å²) in [4.78, 5) is 13.8. The first-order chi connectivity index (χ1) is 19.7. The van der Waals surface area contributed by atoms with E-state index < -0.39 is 0 Å². The number of hydrogen-bond acceptors (Lipinski definition) is 8. The van der Waals surface area contributed by atoms with Crippen LogP contribution in [0.25, 0.3) is 21.8 Å². The predicted octanol–water partition coefficient (Wildman–Crippen LogP) is 5.23. The Labute approximate surface area is 233 Å². The van der Waals surface area contributed by atoms with Crippen LogP contribution in [0.4, 0.5) is 0 Å². The van der Waals surface area contributed by atoms with Crippen molar-refractivity contribution in [1.82, 2.24) is 19.8 Å². The quantitative estimate of drug-likeness (QED) is 0.340. The molecule has 6 rings (SSSR count). The van der Waals surface area contributed by atoms with Crippen LogP contribution in [0.15, 0.2) is 108 Å². The molecule has 3 heterocycles. The molecule has 8 heteroatoms. The van der Waals surface area contributed by atoms with Gasteiger partial charge in [0.25, 0.3) is 0 Å². The average Bonchev–Trinajstić information content (AvgIpc) is 3.71. The zero-order valence-corrected chi connectivity index (χ0v) is 22.2. The van der Waals surface area contributed by atoms with Gasteiger partial charge in [0.05, 0.1) is 61.9 Å². The number of hydrogen-bond donors (Lipinski definition) is 2. The third kappa shape index (κ3) is 5.64. The van der Waals surface area contributed by atoms with Crippen molar-refractivity contribution >= 4 is 21.8 Å². The number of fused-ring (bicyclic) bond motifs is 2. The maximum absolute atomic E-state index is 11.1. The smallest absolute Gasteiger partial charge is 0.194 e. The Bertz CT molecular complexity index is 1450. The van der Waals surface area contributed by atoms with E-state index in [1.165, 1.54) is 0 Å². The Kier molecular flexibility index (Phi) is 7.61. The number of benzene rings is 1. The van der Waals surface area contributed by atoms with Gasteiger partial charge in [-0.3, -0.25) is 0 Å². The van der Waals surface area contributed by atoms with E-state index >= 15 is 0 Å². The molecule has 0 atom stereocenters. The van der Waals surface area contributed by atoms with Crippen molar-refractivity contribution in [3.8, 4) is 0 Å². The summed E-state index contributed by atoms with van der Waals surface area (Å²) in [5.74, 6) is 0.390. The normalized spacial score (nSPS) is 18.1. The van der Waals surface area contributed by atoms with Crippen molar-refractivity contribution in [2.45, 2.75) is 13.1 Å². The second-order valence-corrected chi connectivity index (χ2v) is 9.88. The third-order valence-corrected chi connectivity index (χ3v) is 7.16. The van der Waals surface area contributed by atoms with Crippen LogP contribution in [0.5, 0.6) is 0 Å². The van der Waals surface area contributed by atoms with Gasteiger partial charge in [0.15, 0.2) is 11.8 Å². The predicted molar refractivity (Wildman–Crippen MR) is 155 cm³/mol. The zero-order valence-electron chi connectivity index (χ0n) is 22.2. The Hall–Kier alpha value is -4.40.